The molecular formula is C12H15ClN4O. The molecule has 2 rings (SSSR count). The zero-order chi connectivity index (χ0) is 12.8. The van der Waals surface area contributed by atoms with Crippen molar-refractivity contribution in [1.82, 2.24) is 15.2 Å². The Balaban J connectivity index is 2.01. The molecule has 0 saturated carbocycles. The van der Waals surface area contributed by atoms with E-state index in [1.54, 1.807) is 0 Å². The molecule has 0 N–H and O–H groups in total. The van der Waals surface area contributed by atoms with Gasteiger partial charge in [0.2, 0.25) is 5.95 Å². The molecule has 1 heterocycles. The van der Waals surface area contributed by atoms with Crippen molar-refractivity contribution in [2.24, 2.45) is 0 Å². The van der Waals surface area contributed by atoms with E-state index in [0.29, 0.717) is 31.6 Å². The second kappa shape index (κ2) is 6.47. The van der Waals surface area contributed by atoms with E-state index in [-0.39, 0.29) is 0 Å². The fraction of sp³-hybridized carbons (Fsp3) is 0.417. The number of hydrogen-bond acceptors (Lipinski definition) is 5. The van der Waals surface area contributed by atoms with Crippen LogP contribution in [0.4, 0.5) is 5.95 Å². The highest BCUT2D eigenvalue weighted by Crippen LogP contribution is 2.10. The number of aromatic nitrogens is 3. The molecule has 0 amide bonds. The van der Waals surface area contributed by atoms with Crippen LogP contribution >= 0.6 is 11.6 Å². The van der Waals surface area contributed by atoms with Gasteiger partial charge < -0.3 is 9.64 Å². The highest BCUT2D eigenvalue weighted by Gasteiger charge is 2.06. The summed E-state index contributed by atoms with van der Waals surface area (Å²) in [7, 11) is 1.91. The molecular weight excluding hydrogens is 252 g/mol. The van der Waals surface area contributed by atoms with Crippen LogP contribution in [0, 0.1) is 0 Å². The van der Waals surface area contributed by atoms with Crippen LogP contribution in [0.5, 0.6) is 0 Å². The van der Waals surface area contributed by atoms with Crippen molar-refractivity contribution in [3.8, 4) is 0 Å². The number of fused-ring (bicyclic) bond motifs is 1. The maximum Gasteiger partial charge on any atom is 0.245 e. The second-order valence-electron chi connectivity index (χ2n) is 3.82. The number of alkyl halides is 1. The van der Waals surface area contributed by atoms with Gasteiger partial charge in [-0.1, -0.05) is 12.1 Å². The Hall–Kier alpha value is -1.46. The average Bonchev–Trinajstić information content (AvgIpc) is 2.43. The van der Waals surface area contributed by atoms with Crippen molar-refractivity contribution in [3.63, 3.8) is 0 Å². The summed E-state index contributed by atoms with van der Waals surface area (Å²) in [5.41, 5.74) is 1.64. The Morgan fingerprint density at radius 3 is 2.72 bits per heavy atom. The molecule has 96 valence electrons. The largest absolute Gasteiger partial charge is 0.378 e. The maximum atomic E-state index is 5.53. The number of nitrogens with zero attached hydrogens (tertiary/aromatic N) is 4. The Bertz CT molecular complexity index is 508. The van der Waals surface area contributed by atoms with Gasteiger partial charge in [0, 0.05) is 19.5 Å². The highest BCUT2D eigenvalue weighted by atomic mass is 35.5. The molecule has 0 atom stereocenters. The molecule has 5 nitrogen and oxygen atoms in total. The Kier molecular flexibility index (Phi) is 4.66. The van der Waals surface area contributed by atoms with Crippen molar-refractivity contribution in [1.29, 1.82) is 0 Å². The van der Waals surface area contributed by atoms with Gasteiger partial charge in [0.25, 0.3) is 0 Å². The Morgan fingerprint density at radius 1 is 1.17 bits per heavy atom. The van der Waals surface area contributed by atoms with E-state index < -0.39 is 0 Å². The summed E-state index contributed by atoms with van der Waals surface area (Å²) >= 11 is 5.53. The van der Waals surface area contributed by atoms with E-state index in [9.17, 15) is 0 Å². The van der Waals surface area contributed by atoms with Crippen LogP contribution in [-0.4, -0.2) is 47.9 Å². The highest BCUT2D eigenvalue weighted by molar-refractivity contribution is 6.17. The lowest BCUT2D eigenvalue weighted by Gasteiger charge is -2.16. The molecule has 2 aromatic rings. The molecule has 1 aromatic heterocycles. The monoisotopic (exact) mass is 266 g/mol. The van der Waals surface area contributed by atoms with Gasteiger partial charge in [0.1, 0.15) is 5.52 Å². The molecule has 0 saturated heterocycles. The fourth-order valence-electron chi connectivity index (χ4n) is 1.49. The van der Waals surface area contributed by atoms with Crippen LogP contribution in [0.2, 0.25) is 0 Å². The van der Waals surface area contributed by atoms with Crippen molar-refractivity contribution in [3.05, 3.63) is 24.3 Å². The summed E-state index contributed by atoms with van der Waals surface area (Å²) < 4.78 is 5.31. The van der Waals surface area contributed by atoms with Crippen LogP contribution < -0.4 is 4.90 Å². The molecule has 0 aliphatic heterocycles. The maximum absolute atomic E-state index is 5.53. The number of likely N-dealkylation sites (N-methyl/N-ethyl adjacent to an activating group) is 1. The van der Waals surface area contributed by atoms with Crippen LogP contribution in [0.25, 0.3) is 11.0 Å². The standard InChI is InChI=1S/C12H15ClN4O/c1-17(7-9-18-8-6-13)12-14-10-4-2-3-5-11(10)15-16-12/h2-5H,6-9H2,1H3. The summed E-state index contributed by atoms with van der Waals surface area (Å²) in [5, 5.41) is 8.22. The number of anilines is 1. The predicted octanol–water partition coefficient (Wildman–Crippen LogP) is 1.72. The molecule has 18 heavy (non-hydrogen) atoms. The number of benzene rings is 1. The first kappa shape index (κ1) is 13.0. The quantitative estimate of drug-likeness (QED) is 0.589. The third-order valence-corrected chi connectivity index (χ3v) is 2.64. The topological polar surface area (TPSA) is 51.1 Å². The van der Waals surface area contributed by atoms with Crippen LogP contribution in [0.15, 0.2) is 24.3 Å². The third kappa shape index (κ3) is 3.27. The molecule has 0 bridgehead atoms. The van der Waals surface area contributed by atoms with Crippen LogP contribution in [-0.2, 0) is 4.74 Å². The van der Waals surface area contributed by atoms with Gasteiger partial charge in [-0.2, -0.15) is 0 Å². The lowest BCUT2D eigenvalue weighted by molar-refractivity contribution is 0.156. The first-order valence-electron chi connectivity index (χ1n) is 5.75. The number of ether oxygens (including phenoxy) is 1. The normalized spacial score (nSPS) is 10.8. The minimum atomic E-state index is 0.512. The first-order valence-corrected chi connectivity index (χ1v) is 6.29. The van der Waals surface area contributed by atoms with E-state index in [1.807, 2.05) is 36.2 Å². The number of hydrogen-bond donors (Lipinski definition) is 0. The van der Waals surface area contributed by atoms with Crippen molar-refractivity contribution in [2.75, 3.05) is 37.6 Å². The van der Waals surface area contributed by atoms with Crippen molar-refractivity contribution < 1.29 is 4.74 Å². The lowest BCUT2D eigenvalue weighted by Crippen LogP contribution is -2.25. The summed E-state index contributed by atoms with van der Waals surface area (Å²) in [6, 6.07) is 7.67. The number of para-hydroxylation sites is 1. The third-order valence-electron chi connectivity index (χ3n) is 2.48. The van der Waals surface area contributed by atoms with Gasteiger partial charge >= 0.3 is 0 Å². The van der Waals surface area contributed by atoms with E-state index in [0.717, 1.165) is 11.0 Å². The van der Waals surface area contributed by atoms with Gasteiger partial charge in [-0.05, 0) is 12.1 Å². The minimum absolute atomic E-state index is 0.512. The van der Waals surface area contributed by atoms with E-state index in [2.05, 4.69) is 15.2 Å². The molecule has 0 radical (unpaired) electrons. The zero-order valence-corrected chi connectivity index (χ0v) is 11.0. The van der Waals surface area contributed by atoms with Gasteiger partial charge in [0.05, 0.1) is 18.7 Å². The Labute approximate surface area is 111 Å². The molecule has 0 aliphatic rings. The average molecular weight is 267 g/mol. The first-order chi connectivity index (χ1) is 8.81. The van der Waals surface area contributed by atoms with E-state index >= 15 is 0 Å². The zero-order valence-electron chi connectivity index (χ0n) is 10.2. The smallest absolute Gasteiger partial charge is 0.245 e. The molecule has 0 unspecified atom stereocenters. The van der Waals surface area contributed by atoms with Crippen molar-refractivity contribution in [2.45, 2.75) is 0 Å². The van der Waals surface area contributed by atoms with E-state index in [4.69, 9.17) is 16.3 Å². The minimum Gasteiger partial charge on any atom is -0.378 e. The molecule has 1 aromatic carbocycles. The van der Waals surface area contributed by atoms with E-state index in [1.165, 1.54) is 0 Å². The predicted molar refractivity (Wildman–Crippen MR) is 72.1 cm³/mol. The lowest BCUT2D eigenvalue weighted by atomic mass is 10.3. The second-order valence-corrected chi connectivity index (χ2v) is 4.20. The van der Waals surface area contributed by atoms with Gasteiger partial charge in [-0.15, -0.1) is 21.8 Å². The molecule has 0 aliphatic carbocycles. The summed E-state index contributed by atoms with van der Waals surface area (Å²) in [6.45, 7) is 1.86. The number of rotatable bonds is 6. The van der Waals surface area contributed by atoms with Crippen LogP contribution in [0.1, 0.15) is 0 Å². The Morgan fingerprint density at radius 2 is 1.94 bits per heavy atom. The van der Waals surface area contributed by atoms with Gasteiger partial charge in [0.15, 0.2) is 0 Å². The SMILES string of the molecule is CN(CCOCCCl)c1nnc2ccccc2n1. The summed E-state index contributed by atoms with van der Waals surface area (Å²) in [5.74, 6) is 1.11. The van der Waals surface area contributed by atoms with Crippen molar-refractivity contribution >= 4 is 28.6 Å². The van der Waals surface area contributed by atoms with Gasteiger partial charge in [-0.25, -0.2) is 4.98 Å². The number of halogens is 1. The van der Waals surface area contributed by atoms with Crippen LogP contribution in [0.3, 0.4) is 0 Å². The molecule has 0 spiro atoms. The van der Waals surface area contributed by atoms with Gasteiger partial charge in [-0.3, -0.25) is 0 Å². The summed E-state index contributed by atoms with van der Waals surface area (Å²) in [4.78, 5) is 6.36. The summed E-state index contributed by atoms with van der Waals surface area (Å²) in [6.07, 6.45) is 0. The molecule has 0 fully saturated rings. The fourth-order valence-corrected chi connectivity index (χ4v) is 1.60. The molecule has 6 heteroatoms.